The van der Waals surface area contributed by atoms with E-state index in [0.717, 1.165) is 36.3 Å². The van der Waals surface area contributed by atoms with Gasteiger partial charge in [0.15, 0.2) is 5.78 Å². The first kappa shape index (κ1) is 14.8. The molecule has 21 heavy (non-hydrogen) atoms. The van der Waals surface area contributed by atoms with Crippen LogP contribution in [0.1, 0.15) is 68.4 Å². The first-order valence-corrected chi connectivity index (χ1v) is 8.66. The van der Waals surface area contributed by atoms with E-state index in [1.165, 1.54) is 37.7 Å². The Morgan fingerprint density at radius 1 is 0.952 bits per heavy atom. The van der Waals surface area contributed by atoms with Crippen LogP contribution in [0.4, 0.5) is 0 Å². The molecule has 1 atom stereocenters. The monoisotopic (exact) mass is 302 g/mol. The number of carbonyl (C=O) groups is 1. The molecule has 1 aromatic carbocycles. The third-order valence-electron chi connectivity index (χ3n) is 4.86. The number of carbonyl (C=O) groups excluding carboxylic acids is 1. The zero-order chi connectivity index (χ0) is 14.7. The van der Waals surface area contributed by atoms with Crippen molar-refractivity contribution < 1.29 is 4.79 Å². The Morgan fingerprint density at radius 3 is 2.38 bits per heavy atom. The fraction of sp³-hybridized carbons (Fsp3) is 0.526. The molecule has 2 saturated carbocycles. The zero-order valence-electron chi connectivity index (χ0n) is 12.5. The van der Waals surface area contributed by atoms with Crippen LogP contribution in [0.25, 0.3) is 6.08 Å². The van der Waals surface area contributed by atoms with Gasteiger partial charge in [-0.1, -0.05) is 43.5 Å². The van der Waals surface area contributed by atoms with Crippen LogP contribution in [-0.4, -0.2) is 11.2 Å². The Kier molecular flexibility index (Phi) is 4.80. The molecule has 0 N–H and O–H groups in total. The molecule has 1 unspecified atom stereocenters. The number of benzene rings is 1. The second kappa shape index (κ2) is 6.79. The molecule has 0 aliphatic heterocycles. The second-order valence-electron chi connectivity index (χ2n) is 6.40. The van der Waals surface area contributed by atoms with Gasteiger partial charge in [0.1, 0.15) is 0 Å². The van der Waals surface area contributed by atoms with Crippen LogP contribution < -0.4 is 0 Å². The van der Waals surface area contributed by atoms with E-state index in [2.05, 4.69) is 24.3 Å². The summed E-state index contributed by atoms with van der Waals surface area (Å²) in [6.07, 6.45) is 11.5. The smallest absolute Gasteiger partial charge is 0.176 e. The van der Waals surface area contributed by atoms with Crippen molar-refractivity contribution in [2.24, 2.45) is 0 Å². The molecule has 2 aliphatic rings. The van der Waals surface area contributed by atoms with E-state index in [-0.39, 0.29) is 11.2 Å². The van der Waals surface area contributed by atoms with Crippen molar-refractivity contribution in [2.45, 2.75) is 62.7 Å². The summed E-state index contributed by atoms with van der Waals surface area (Å²) in [5.74, 6) is 0.864. The summed E-state index contributed by atoms with van der Waals surface area (Å²) in [7, 11) is 0. The predicted molar refractivity (Wildman–Crippen MR) is 88.7 cm³/mol. The van der Waals surface area contributed by atoms with Crippen molar-refractivity contribution >= 4 is 23.5 Å². The number of rotatable bonds is 2. The number of hydrogen-bond donors (Lipinski definition) is 0. The fourth-order valence-corrected chi connectivity index (χ4v) is 3.87. The van der Waals surface area contributed by atoms with E-state index in [0.29, 0.717) is 0 Å². The Bertz CT molecular complexity index is 523. The highest BCUT2D eigenvalue weighted by Crippen LogP contribution is 2.33. The Labute approximate surface area is 132 Å². The molecule has 112 valence electrons. The van der Waals surface area contributed by atoms with Crippen molar-refractivity contribution in [3.05, 3.63) is 41.0 Å². The quantitative estimate of drug-likeness (QED) is 0.522. The van der Waals surface area contributed by atoms with Crippen molar-refractivity contribution in [2.75, 3.05) is 0 Å². The van der Waals surface area contributed by atoms with E-state index in [9.17, 15) is 4.79 Å². The molecule has 2 heteroatoms. The summed E-state index contributed by atoms with van der Waals surface area (Å²) < 4.78 is 0. The zero-order valence-corrected chi connectivity index (χ0v) is 13.2. The SMILES string of the molecule is O=C1C(=Cc2ccc(C3CCCCC3)cc2)CCCC1Cl. The first-order chi connectivity index (χ1) is 10.2. The second-order valence-corrected chi connectivity index (χ2v) is 6.92. The van der Waals surface area contributed by atoms with Crippen LogP contribution in [0.2, 0.25) is 0 Å². The molecule has 3 rings (SSSR count). The van der Waals surface area contributed by atoms with Crippen LogP contribution in [0.5, 0.6) is 0 Å². The highest BCUT2D eigenvalue weighted by molar-refractivity contribution is 6.34. The number of hydrogen-bond acceptors (Lipinski definition) is 1. The maximum atomic E-state index is 12.0. The van der Waals surface area contributed by atoms with Gasteiger partial charge >= 0.3 is 0 Å². The molecule has 0 saturated heterocycles. The molecule has 1 aromatic rings. The van der Waals surface area contributed by atoms with Crippen LogP contribution in [0, 0.1) is 0 Å². The molecule has 0 heterocycles. The lowest BCUT2D eigenvalue weighted by Gasteiger charge is -2.22. The number of alkyl halides is 1. The minimum absolute atomic E-state index is 0.124. The van der Waals surface area contributed by atoms with Gasteiger partial charge in [-0.3, -0.25) is 4.79 Å². The highest BCUT2D eigenvalue weighted by atomic mass is 35.5. The standard InChI is InChI=1S/C19H23ClO/c20-18-8-4-7-17(19(18)21)13-14-9-11-16(12-10-14)15-5-2-1-3-6-15/h9-13,15,18H,1-8H2. The van der Waals surface area contributed by atoms with E-state index >= 15 is 0 Å². The molecule has 1 nitrogen and oxygen atoms in total. The van der Waals surface area contributed by atoms with E-state index in [4.69, 9.17) is 11.6 Å². The predicted octanol–water partition coefficient (Wildman–Crippen LogP) is 5.48. The average molecular weight is 303 g/mol. The molecule has 0 aromatic heterocycles. The van der Waals surface area contributed by atoms with Crippen LogP contribution in [0.15, 0.2) is 29.8 Å². The Balaban J connectivity index is 1.73. The Hall–Kier alpha value is -1.08. The Morgan fingerprint density at radius 2 is 1.67 bits per heavy atom. The molecule has 2 fully saturated rings. The van der Waals surface area contributed by atoms with Gasteiger partial charge in [0, 0.05) is 0 Å². The third kappa shape index (κ3) is 3.58. The summed E-state index contributed by atoms with van der Waals surface area (Å²) in [5, 5.41) is -0.313. The number of halogens is 1. The molecule has 0 spiro atoms. The van der Waals surface area contributed by atoms with Crippen molar-refractivity contribution in [3.63, 3.8) is 0 Å². The topological polar surface area (TPSA) is 17.1 Å². The summed E-state index contributed by atoms with van der Waals surface area (Å²) in [5.41, 5.74) is 3.48. The third-order valence-corrected chi connectivity index (χ3v) is 5.28. The van der Waals surface area contributed by atoms with Gasteiger partial charge in [0.2, 0.25) is 0 Å². The molecular formula is C19H23ClO. The maximum Gasteiger partial charge on any atom is 0.176 e. The fourth-order valence-electron chi connectivity index (χ4n) is 3.57. The van der Waals surface area contributed by atoms with Gasteiger partial charge in [0.25, 0.3) is 0 Å². The number of ketones is 1. The number of allylic oxidation sites excluding steroid dienone is 1. The summed E-state index contributed by atoms with van der Waals surface area (Å²) >= 11 is 6.06. The minimum atomic E-state index is -0.313. The minimum Gasteiger partial charge on any atom is -0.293 e. The largest absolute Gasteiger partial charge is 0.293 e. The lowest BCUT2D eigenvalue weighted by atomic mass is 9.84. The average Bonchev–Trinajstić information content (AvgIpc) is 2.53. The molecule has 0 radical (unpaired) electrons. The van der Waals surface area contributed by atoms with Crippen molar-refractivity contribution in [1.29, 1.82) is 0 Å². The maximum absolute atomic E-state index is 12.0. The van der Waals surface area contributed by atoms with Crippen molar-refractivity contribution in [1.82, 2.24) is 0 Å². The van der Waals surface area contributed by atoms with Crippen LogP contribution in [0.3, 0.4) is 0 Å². The van der Waals surface area contributed by atoms with Crippen LogP contribution >= 0.6 is 11.6 Å². The van der Waals surface area contributed by atoms with Gasteiger partial charge in [-0.15, -0.1) is 11.6 Å². The van der Waals surface area contributed by atoms with E-state index in [1.807, 2.05) is 6.08 Å². The normalized spacial score (nSPS) is 26.2. The van der Waals surface area contributed by atoms with Crippen molar-refractivity contribution in [3.8, 4) is 0 Å². The van der Waals surface area contributed by atoms with Gasteiger partial charge in [-0.05, 0) is 60.8 Å². The molecule has 0 bridgehead atoms. The van der Waals surface area contributed by atoms with Crippen LogP contribution in [-0.2, 0) is 4.79 Å². The summed E-state index contributed by atoms with van der Waals surface area (Å²) in [6.45, 7) is 0. The lowest BCUT2D eigenvalue weighted by Crippen LogP contribution is -2.21. The highest BCUT2D eigenvalue weighted by Gasteiger charge is 2.24. The van der Waals surface area contributed by atoms with Gasteiger partial charge in [-0.2, -0.15) is 0 Å². The van der Waals surface area contributed by atoms with Gasteiger partial charge in [-0.25, -0.2) is 0 Å². The molecular weight excluding hydrogens is 280 g/mol. The van der Waals surface area contributed by atoms with Gasteiger partial charge in [0.05, 0.1) is 5.38 Å². The lowest BCUT2D eigenvalue weighted by molar-refractivity contribution is -0.116. The molecule has 0 amide bonds. The van der Waals surface area contributed by atoms with Gasteiger partial charge < -0.3 is 0 Å². The van der Waals surface area contributed by atoms with E-state index < -0.39 is 0 Å². The molecule has 2 aliphatic carbocycles. The first-order valence-electron chi connectivity index (χ1n) is 8.23. The summed E-state index contributed by atoms with van der Waals surface area (Å²) in [6, 6.07) is 8.80. The number of Topliss-reactive ketones (excluding diaryl/α,β-unsaturated/α-hetero) is 1. The van der Waals surface area contributed by atoms with E-state index in [1.54, 1.807) is 0 Å². The summed E-state index contributed by atoms with van der Waals surface area (Å²) in [4.78, 5) is 12.0.